The van der Waals surface area contributed by atoms with Crippen LogP contribution in [0.2, 0.25) is 0 Å². The zero-order chi connectivity index (χ0) is 7.56. The molecule has 0 unspecified atom stereocenters. The van der Waals surface area contributed by atoms with E-state index in [2.05, 4.69) is 5.32 Å². The molecule has 0 aromatic heterocycles. The summed E-state index contributed by atoms with van der Waals surface area (Å²) < 4.78 is 0. The van der Waals surface area contributed by atoms with Crippen LogP contribution in [-0.2, 0) is 4.79 Å². The van der Waals surface area contributed by atoms with Gasteiger partial charge in [0.25, 0.3) is 0 Å². The van der Waals surface area contributed by atoms with Crippen LogP contribution in [0.4, 0.5) is 0 Å². The smallest absolute Gasteiger partial charge is 0.146 e. The van der Waals surface area contributed by atoms with Crippen LogP contribution in [0.25, 0.3) is 0 Å². The molecule has 0 aromatic rings. The van der Waals surface area contributed by atoms with E-state index in [1.165, 1.54) is 0 Å². The van der Waals surface area contributed by atoms with Gasteiger partial charge in [0.1, 0.15) is 5.78 Å². The van der Waals surface area contributed by atoms with E-state index in [1.807, 2.05) is 0 Å². The molecule has 0 bridgehead atoms. The minimum Gasteiger partial charge on any atom is -0.392 e. The summed E-state index contributed by atoms with van der Waals surface area (Å²) in [4.78, 5) is 10.8. The average Bonchev–Trinajstić information content (AvgIpc) is 1.88. The summed E-state index contributed by atoms with van der Waals surface area (Å²) in [5.74, 6) is 0.173. The highest BCUT2D eigenvalue weighted by Crippen LogP contribution is 2.07. The summed E-state index contributed by atoms with van der Waals surface area (Å²) >= 11 is 0. The first-order valence-corrected chi connectivity index (χ1v) is 3.62. The second-order valence-corrected chi connectivity index (χ2v) is 2.80. The second-order valence-electron chi connectivity index (χ2n) is 2.80. The Labute approximate surface area is 86.8 Å². The largest absolute Gasteiger partial charge is 0.392 e. The molecule has 0 amide bonds. The number of aliphatic hydroxyl groups excluding tert-OH is 1. The number of Topliss-reactive ketones (excluding diaryl/α,β-unsaturated/α-hetero) is 1. The molecule has 3 nitrogen and oxygen atoms in total. The van der Waals surface area contributed by atoms with Gasteiger partial charge in [-0.05, 0) is 19.8 Å². The minimum absolute atomic E-state index is 0. The van der Waals surface area contributed by atoms with Crippen LogP contribution >= 0.6 is 27.0 Å². The highest BCUT2D eigenvalue weighted by molar-refractivity contribution is 7.59. The Morgan fingerprint density at radius 3 is 2.33 bits per heavy atom. The van der Waals surface area contributed by atoms with Crippen LogP contribution in [0.5, 0.6) is 0 Å². The normalized spacial score (nSPS) is 28.2. The molecule has 12 heavy (non-hydrogen) atoms. The van der Waals surface area contributed by atoms with Crippen molar-refractivity contribution in [1.29, 1.82) is 0 Å². The fraction of sp³-hybridized carbons (Fsp3) is 0.857. The van der Waals surface area contributed by atoms with Gasteiger partial charge in [-0.15, -0.1) is 0 Å². The third kappa shape index (κ3) is 4.35. The van der Waals surface area contributed by atoms with Gasteiger partial charge in [0.15, 0.2) is 0 Å². The number of hydrogen-bond acceptors (Lipinski definition) is 3. The molecule has 1 aliphatic heterocycles. The third-order valence-electron chi connectivity index (χ3n) is 1.88. The molecule has 1 aliphatic rings. The van der Waals surface area contributed by atoms with Crippen LogP contribution in [0, 0.1) is 0 Å². The number of ketones is 1. The Hall–Kier alpha value is 0.290. The fourth-order valence-electron chi connectivity index (χ4n) is 1.19. The number of hydrogen-bond donors (Lipinski definition) is 2. The Kier molecular flexibility index (Phi) is 8.34. The van der Waals surface area contributed by atoms with E-state index in [0.717, 1.165) is 12.8 Å². The molecule has 1 saturated heterocycles. The van der Waals surface area contributed by atoms with E-state index in [-0.39, 0.29) is 44.9 Å². The summed E-state index contributed by atoms with van der Waals surface area (Å²) in [6, 6.07) is -0.0107. The first-order chi connectivity index (χ1) is 4.70. The Balaban J connectivity index is 0. The zero-order valence-corrected chi connectivity index (χ0v) is 9.13. The maximum Gasteiger partial charge on any atom is 0.146 e. The van der Waals surface area contributed by atoms with Gasteiger partial charge in [-0.3, -0.25) is 4.79 Å². The minimum atomic E-state index is -0.254. The Morgan fingerprint density at radius 2 is 2.00 bits per heavy atom. The van der Waals surface area contributed by atoms with Crippen molar-refractivity contribution in [2.24, 2.45) is 0 Å². The van der Waals surface area contributed by atoms with Crippen LogP contribution in [0.15, 0.2) is 0 Å². The molecule has 0 aromatic carbocycles. The highest BCUT2D eigenvalue weighted by atomic mass is 32.1. The lowest BCUT2D eigenvalue weighted by Gasteiger charge is -2.24. The lowest BCUT2D eigenvalue weighted by Crippen LogP contribution is -2.45. The van der Waals surface area contributed by atoms with Crippen molar-refractivity contribution >= 4 is 32.8 Å². The molecule has 5 heteroatoms. The van der Waals surface area contributed by atoms with Crippen molar-refractivity contribution in [3.8, 4) is 0 Å². The predicted octanol–water partition coefficient (Wildman–Crippen LogP) is -0.0861. The molecule has 0 saturated carbocycles. The standard InChI is InChI=1S/C7H13NO2.2H2S/c1-5(9)7-3-2-6(10)4-8-7;;/h6-8,10H,2-4H2,1H3;2*1H2/t6-,7-;;/m0../s1. The fourth-order valence-corrected chi connectivity index (χ4v) is 1.19. The number of carbonyl (C=O) groups excluding carboxylic acids is 1. The van der Waals surface area contributed by atoms with Gasteiger partial charge in [0.05, 0.1) is 12.1 Å². The Bertz CT molecular complexity index is 135. The lowest BCUT2D eigenvalue weighted by molar-refractivity contribution is -0.119. The van der Waals surface area contributed by atoms with Crippen LogP contribution in [-0.4, -0.2) is 29.6 Å². The van der Waals surface area contributed by atoms with E-state index in [1.54, 1.807) is 6.92 Å². The van der Waals surface area contributed by atoms with Crippen molar-refractivity contribution in [1.82, 2.24) is 5.32 Å². The molecule has 74 valence electrons. The molecule has 0 aliphatic carbocycles. The summed E-state index contributed by atoms with van der Waals surface area (Å²) in [7, 11) is 0. The topological polar surface area (TPSA) is 49.3 Å². The maximum atomic E-state index is 10.8. The van der Waals surface area contributed by atoms with Crippen molar-refractivity contribution < 1.29 is 9.90 Å². The van der Waals surface area contributed by atoms with Gasteiger partial charge in [-0.2, -0.15) is 27.0 Å². The van der Waals surface area contributed by atoms with Crippen molar-refractivity contribution in [2.75, 3.05) is 6.54 Å². The van der Waals surface area contributed by atoms with E-state index < -0.39 is 0 Å². The molecule has 0 radical (unpaired) electrons. The number of nitrogens with one attached hydrogen (secondary N) is 1. The summed E-state index contributed by atoms with van der Waals surface area (Å²) in [6.07, 6.45) is 1.27. The second kappa shape index (κ2) is 6.77. The number of carbonyl (C=O) groups is 1. The van der Waals surface area contributed by atoms with Crippen LogP contribution in [0.3, 0.4) is 0 Å². The zero-order valence-electron chi connectivity index (χ0n) is 7.13. The number of rotatable bonds is 1. The summed E-state index contributed by atoms with van der Waals surface area (Å²) in [6.45, 7) is 2.14. The lowest BCUT2D eigenvalue weighted by atomic mass is 10.0. The molecule has 1 fully saturated rings. The number of β-amino-alcohol motifs (C(OH)–C–C–N with tert-alkyl or cyclic N) is 1. The van der Waals surface area contributed by atoms with Crippen molar-refractivity contribution in [3.63, 3.8) is 0 Å². The molecule has 1 rings (SSSR count). The van der Waals surface area contributed by atoms with Crippen molar-refractivity contribution in [2.45, 2.75) is 31.9 Å². The van der Waals surface area contributed by atoms with Gasteiger partial charge in [0.2, 0.25) is 0 Å². The number of piperidine rings is 1. The van der Waals surface area contributed by atoms with Gasteiger partial charge in [0, 0.05) is 6.54 Å². The third-order valence-corrected chi connectivity index (χ3v) is 1.88. The number of aliphatic hydroxyl groups is 1. The molecule has 1 heterocycles. The monoisotopic (exact) mass is 211 g/mol. The molecular formula is C7H17NO2S2. The SMILES string of the molecule is CC(=O)[C@@H]1CC[C@H](O)CN1.S.S. The van der Waals surface area contributed by atoms with E-state index in [9.17, 15) is 4.79 Å². The van der Waals surface area contributed by atoms with Crippen molar-refractivity contribution in [3.05, 3.63) is 0 Å². The molecular weight excluding hydrogens is 194 g/mol. The Morgan fingerprint density at radius 1 is 1.42 bits per heavy atom. The predicted molar refractivity (Wildman–Crippen MR) is 58.5 cm³/mol. The first kappa shape index (κ1) is 14.8. The van der Waals surface area contributed by atoms with E-state index in [4.69, 9.17) is 5.11 Å². The quantitative estimate of drug-likeness (QED) is 0.637. The summed E-state index contributed by atoms with van der Waals surface area (Å²) in [5.41, 5.74) is 0. The highest BCUT2D eigenvalue weighted by Gasteiger charge is 2.20. The van der Waals surface area contributed by atoms with Gasteiger partial charge in [-0.25, -0.2) is 0 Å². The van der Waals surface area contributed by atoms with Gasteiger partial charge in [-0.1, -0.05) is 0 Å². The van der Waals surface area contributed by atoms with Crippen LogP contribution in [0.1, 0.15) is 19.8 Å². The maximum absolute atomic E-state index is 10.8. The van der Waals surface area contributed by atoms with E-state index in [0.29, 0.717) is 6.54 Å². The summed E-state index contributed by atoms with van der Waals surface area (Å²) in [5, 5.41) is 12.0. The average molecular weight is 211 g/mol. The molecule has 2 N–H and O–H groups in total. The van der Waals surface area contributed by atoms with Crippen LogP contribution < -0.4 is 5.32 Å². The van der Waals surface area contributed by atoms with Gasteiger partial charge >= 0.3 is 0 Å². The van der Waals surface area contributed by atoms with E-state index >= 15 is 0 Å². The van der Waals surface area contributed by atoms with Gasteiger partial charge < -0.3 is 10.4 Å². The molecule has 0 spiro atoms. The molecule has 2 atom stereocenters. The first-order valence-electron chi connectivity index (χ1n) is 3.62.